The van der Waals surface area contributed by atoms with Gasteiger partial charge in [0.25, 0.3) is 5.91 Å². The van der Waals surface area contributed by atoms with Crippen molar-refractivity contribution >= 4 is 24.1 Å². The number of para-hydroxylation sites is 1. The average molecular weight is 428 g/mol. The van der Waals surface area contributed by atoms with Crippen molar-refractivity contribution in [3.8, 4) is 17.2 Å². The van der Waals surface area contributed by atoms with Gasteiger partial charge in [-0.3, -0.25) is 4.79 Å². The number of nitrogens with zero attached hydrogens (tertiary/aromatic N) is 2. The Labute approximate surface area is 182 Å². The molecule has 158 valence electrons. The van der Waals surface area contributed by atoms with Gasteiger partial charge in [0, 0.05) is 11.1 Å². The molecule has 6 nitrogen and oxygen atoms in total. The molecule has 0 unspecified atom stereocenters. The number of amides is 1. The van der Waals surface area contributed by atoms with Crippen molar-refractivity contribution in [2.45, 2.75) is 38.7 Å². The SMILES string of the molecule is COc1cc(C(=O)Nc2c(C)cnn2-c2ccccc2)ccc1OC1CCCC1.Cl. The number of rotatable bonds is 6. The molecule has 7 heteroatoms. The number of methoxy groups -OCH3 is 1. The number of halogens is 1. The van der Waals surface area contributed by atoms with Gasteiger partial charge in [-0.05, 0) is 62.9 Å². The van der Waals surface area contributed by atoms with Crippen LogP contribution in [0.3, 0.4) is 0 Å². The highest BCUT2D eigenvalue weighted by Gasteiger charge is 2.20. The first-order valence-electron chi connectivity index (χ1n) is 9.92. The van der Waals surface area contributed by atoms with Crippen LogP contribution in [0.5, 0.6) is 11.5 Å². The van der Waals surface area contributed by atoms with Crippen molar-refractivity contribution in [2.75, 3.05) is 12.4 Å². The minimum absolute atomic E-state index is 0. The number of hydrogen-bond donors (Lipinski definition) is 1. The number of anilines is 1. The summed E-state index contributed by atoms with van der Waals surface area (Å²) in [5.41, 5.74) is 2.27. The number of nitrogens with one attached hydrogen (secondary N) is 1. The van der Waals surface area contributed by atoms with Crippen LogP contribution in [-0.2, 0) is 0 Å². The fourth-order valence-electron chi connectivity index (χ4n) is 3.62. The average Bonchev–Trinajstić information content (AvgIpc) is 3.39. The Morgan fingerprint density at radius 2 is 1.83 bits per heavy atom. The molecule has 0 saturated heterocycles. The molecule has 1 aromatic heterocycles. The van der Waals surface area contributed by atoms with E-state index in [1.54, 1.807) is 30.1 Å². The fourth-order valence-corrected chi connectivity index (χ4v) is 3.62. The third kappa shape index (κ3) is 4.60. The van der Waals surface area contributed by atoms with Crippen LogP contribution in [0.1, 0.15) is 41.6 Å². The van der Waals surface area contributed by atoms with Crippen LogP contribution in [0.2, 0.25) is 0 Å². The molecule has 1 amide bonds. The molecule has 2 aromatic carbocycles. The van der Waals surface area contributed by atoms with Gasteiger partial charge in [0.05, 0.1) is 25.1 Å². The molecule has 3 aromatic rings. The Bertz CT molecular complexity index is 998. The molecule has 1 saturated carbocycles. The molecule has 4 rings (SSSR count). The second-order valence-corrected chi connectivity index (χ2v) is 7.27. The quantitative estimate of drug-likeness (QED) is 0.588. The summed E-state index contributed by atoms with van der Waals surface area (Å²) < 4.78 is 13.3. The molecule has 0 aliphatic heterocycles. The largest absolute Gasteiger partial charge is 0.493 e. The summed E-state index contributed by atoms with van der Waals surface area (Å²) in [5.74, 6) is 1.67. The summed E-state index contributed by atoms with van der Waals surface area (Å²) in [6, 6.07) is 15.0. The maximum Gasteiger partial charge on any atom is 0.256 e. The number of hydrogen-bond acceptors (Lipinski definition) is 4. The predicted octanol–water partition coefficient (Wildman–Crippen LogP) is 5.18. The molecule has 0 bridgehead atoms. The number of ether oxygens (including phenoxy) is 2. The Kier molecular flexibility index (Phi) is 7.00. The van der Waals surface area contributed by atoms with E-state index in [0.717, 1.165) is 24.1 Å². The molecule has 1 aliphatic carbocycles. The van der Waals surface area contributed by atoms with E-state index in [2.05, 4.69) is 10.4 Å². The Morgan fingerprint density at radius 1 is 1.10 bits per heavy atom. The second kappa shape index (κ2) is 9.67. The molecule has 1 N–H and O–H groups in total. The molecule has 0 spiro atoms. The van der Waals surface area contributed by atoms with Gasteiger partial charge in [0.2, 0.25) is 0 Å². The molecular formula is C23H26ClN3O3. The molecule has 30 heavy (non-hydrogen) atoms. The highest BCUT2D eigenvalue weighted by molar-refractivity contribution is 6.04. The molecule has 0 atom stereocenters. The third-order valence-electron chi connectivity index (χ3n) is 5.21. The Balaban J connectivity index is 0.00000256. The lowest BCUT2D eigenvalue weighted by Crippen LogP contribution is -2.16. The Hall–Kier alpha value is -2.99. The van der Waals surface area contributed by atoms with Crippen molar-refractivity contribution in [1.82, 2.24) is 9.78 Å². The number of carbonyl (C=O) groups excluding carboxylic acids is 1. The minimum Gasteiger partial charge on any atom is -0.493 e. The lowest BCUT2D eigenvalue weighted by atomic mass is 10.1. The maximum absolute atomic E-state index is 12.9. The van der Waals surface area contributed by atoms with Crippen molar-refractivity contribution in [1.29, 1.82) is 0 Å². The van der Waals surface area contributed by atoms with E-state index >= 15 is 0 Å². The lowest BCUT2D eigenvalue weighted by Gasteiger charge is -2.17. The van der Waals surface area contributed by atoms with Crippen molar-refractivity contribution in [3.63, 3.8) is 0 Å². The van der Waals surface area contributed by atoms with Crippen molar-refractivity contribution in [2.24, 2.45) is 0 Å². The molecule has 0 radical (unpaired) electrons. The summed E-state index contributed by atoms with van der Waals surface area (Å²) >= 11 is 0. The first-order valence-corrected chi connectivity index (χ1v) is 9.92. The predicted molar refractivity (Wildman–Crippen MR) is 119 cm³/mol. The van der Waals surface area contributed by atoms with E-state index in [4.69, 9.17) is 9.47 Å². The molecular weight excluding hydrogens is 402 g/mol. The van der Waals surface area contributed by atoms with E-state index < -0.39 is 0 Å². The summed E-state index contributed by atoms with van der Waals surface area (Å²) in [6.07, 6.45) is 6.49. The van der Waals surface area contributed by atoms with Gasteiger partial charge < -0.3 is 14.8 Å². The molecule has 1 aliphatic rings. The van der Waals surface area contributed by atoms with E-state index in [0.29, 0.717) is 22.9 Å². The summed E-state index contributed by atoms with van der Waals surface area (Å²) in [5, 5.41) is 7.38. The van der Waals surface area contributed by atoms with Gasteiger partial charge >= 0.3 is 0 Å². The first-order chi connectivity index (χ1) is 14.2. The second-order valence-electron chi connectivity index (χ2n) is 7.27. The summed E-state index contributed by atoms with van der Waals surface area (Å²) in [4.78, 5) is 12.9. The van der Waals surface area contributed by atoms with Gasteiger partial charge in [-0.1, -0.05) is 18.2 Å². The number of aryl methyl sites for hydroxylation is 1. The maximum atomic E-state index is 12.9. The van der Waals surface area contributed by atoms with Crippen molar-refractivity contribution in [3.05, 3.63) is 65.9 Å². The van der Waals surface area contributed by atoms with Gasteiger partial charge in [0.15, 0.2) is 11.5 Å². The van der Waals surface area contributed by atoms with Crippen LogP contribution < -0.4 is 14.8 Å². The van der Waals surface area contributed by atoms with Crippen LogP contribution in [0.25, 0.3) is 5.69 Å². The zero-order valence-corrected chi connectivity index (χ0v) is 17.9. The van der Waals surface area contributed by atoms with Gasteiger partial charge in [-0.25, -0.2) is 4.68 Å². The van der Waals surface area contributed by atoms with Crippen LogP contribution in [0, 0.1) is 6.92 Å². The zero-order valence-electron chi connectivity index (χ0n) is 17.1. The standard InChI is InChI=1S/C23H25N3O3.ClH/c1-16-15-24-26(18-8-4-3-5-9-18)22(16)25-23(27)17-12-13-20(21(14-17)28-2)29-19-10-6-7-11-19;/h3-5,8-9,12-15,19H,6-7,10-11H2,1-2H3,(H,25,27);1H. The number of aromatic nitrogens is 2. The monoisotopic (exact) mass is 427 g/mol. The summed E-state index contributed by atoms with van der Waals surface area (Å²) in [7, 11) is 1.59. The highest BCUT2D eigenvalue weighted by Crippen LogP contribution is 2.32. The van der Waals surface area contributed by atoms with Crippen LogP contribution in [0.4, 0.5) is 5.82 Å². The highest BCUT2D eigenvalue weighted by atomic mass is 35.5. The topological polar surface area (TPSA) is 65.4 Å². The van der Waals surface area contributed by atoms with Crippen LogP contribution in [0.15, 0.2) is 54.7 Å². The zero-order chi connectivity index (χ0) is 20.2. The van der Waals surface area contributed by atoms with E-state index in [9.17, 15) is 4.79 Å². The smallest absolute Gasteiger partial charge is 0.256 e. The van der Waals surface area contributed by atoms with Crippen molar-refractivity contribution < 1.29 is 14.3 Å². The number of carbonyl (C=O) groups is 1. The Morgan fingerprint density at radius 3 is 2.53 bits per heavy atom. The van der Waals surface area contributed by atoms with Gasteiger partial charge in [-0.15, -0.1) is 12.4 Å². The van der Waals surface area contributed by atoms with Gasteiger partial charge in [0.1, 0.15) is 5.82 Å². The molecule has 1 heterocycles. The van der Waals surface area contributed by atoms with Gasteiger partial charge in [-0.2, -0.15) is 5.10 Å². The van der Waals surface area contributed by atoms with E-state index in [-0.39, 0.29) is 24.4 Å². The third-order valence-corrected chi connectivity index (χ3v) is 5.21. The van der Waals surface area contributed by atoms with E-state index in [1.165, 1.54) is 12.8 Å². The lowest BCUT2D eigenvalue weighted by molar-refractivity contribution is 0.102. The van der Waals surface area contributed by atoms with Crippen LogP contribution in [-0.4, -0.2) is 28.9 Å². The van der Waals surface area contributed by atoms with Crippen LogP contribution >= 0.6 is 12.4 Å². The first kappa shape index (κ1) is 21.7. The minimum atomic E-state index is -0.225. The molecule has 1 fully saturated rings. The normalized spacial score (nSPS) is 13.5. The summed E-state index contributed by atoms with van der Waals surface area (Å²) in [6.45, 7) is 1.92. The van der Waals surface area contributed by atoms with E-state index in [1.807, 2.05) is 43.3 Å². The fraction of sp³-hybridized carbons (Fsp3) is 0.304. The number of benzene rings is 2.